The lowest BCUT2D eigenvalue weighted by Gasteiger charge is -2.38. The monoisotopic (exact) mass is 403 g/mol. The minimum absolute atomic E-state index is 0.322. The standard InChI is InChI=1S/C21H25N9/c1-13-10-18(29-28-13)25-20-17-4-2-8-23-19(17)26-21(27-20)24-14-11-15-5-6-16(12-14)30(15)9-3-7-22/h2,4,8,10,14-16H,3,5-6,9,11-12H2,1H3,(H3,23,24,25,26,27,28,29)/t14-,15-,16+. The van der Waals surface area contributed by atoms with Gasteiger partial charge in [-0.1, -0.05) is 0 Å². The van der Waals surface area contributed by atoms with Crippen molar-refractivity contribution in [1.82, 2.24) is 30.0 Å². The summed E-state index contributed by atoms with van der Waals surface area (Å²) in [6.07, 6.45) is 6.86. The molecule has 0 aromatic carbocycles. The quantitative estimate of drug-likeness (QED) is 0.574. The molecule has 3 atom stereocenters. The van der Waals surface area contributed by atoms with Crippen LogP contribution < -0.4 is 10.6 Å². The van der Waals surface area contributed by atoms with Crippen molar-refractivity contribution in [2.45, 2.75) is 57.2 Å². The fourth-order valence-corrected chi connectivity index (χ4v) is 4.84. The van der Waals surface area contributed by atoms with Crippen molar-refractivity contribution in [2.75, 3.05) is 17.2 Å². The van der Waals surface area contributed by atoms with E-state index in [0.717, 1.165) is 30.5 Å². The van der Waals surface area contributed by atoms with Crippen LogP contribution in [0, 0.1) is 18.3 Å². The Hall–Kier alpha value is -3.25. The van der Waals surface area contributed by atoms with Gasteiger partial charge in [-0.05, 0) is 44.7 Å². The molecule has 154 valence electrons. The van der Waals surface area contributed by atoms with E-state index in [4.69, 9.17) is 10.2 Å². The van der Waals surface area contributed by atoms with Crippen LogP contribution in [0.2, 0.25) is 0 Å². The third-order valence-electron chi connectivity index (χ3n) is 6.12. The summed E-state index contributed by atoms with van der Waals surface area (Å²) in [5, 5.41) is 23.8. The highest BCUT2D eigenvalue weighted by atomic mass is 15.3. The minimum Gasteiger partial charge on any atom is -0.351 e. The molecule has 2 fully saturated rings. The molecule has 0 saturated carbocycles. The molecule has 0 unspecified atom stereocenters. The number of pyridine rings is 1. The third kappa shape index (κ3) is 3.66. The van der Waals surface area contributed by atoms with E-state index in [1.54, 1.807) is 6.20 Å². The molecule has 0 radical (unpaired) electrons. The fourth-order valence-electron chi connectivity index (χ4n) is 4.84. The van der Waals surface area contributed by atoms with E-state index in [-0.39, 0.29) is 0 Å². The van der Waals surface area contributed by atoms with Gasteiger partial charge in [-0.15, -0.1) is 0 Å². The first-order chi connectivity index (χ1) is 14.7. The Bertz CT molecular complexity index is 1070. The first-order valence-corrected chi connectivity index (χ1v) is 10.5. The molecule has 9 nitrogen and oxygen atoms in total. The zero-order valence-electron chi connectivity index (χ0n) is 17.0. The summed E-state index contributed by atoms with van der Waals surface area (Å²) in [5.74, 6) is 1.99. The predicted octanol–water partition coefficient (Wildman–Crippen LogP) is 3.12. The van der Waals surface area contributed by atoms with Gasteiger partial charge in [-0.3, -0.25) is 10.00 Å². The minimum atomic E-state index is 0.322. The Labute approximate surface area is 174 Å². The van der Waals surface area contributed by atoms with Crippen molar-refractivity contribution in [3.63, 3.8) is 0 Å². The van der Waals surface area contributed by atoms with Gasteiger partial charge in [0.2, 0.25) is 5.95 Å². The number of fused-ring (bicyclic) bond motifs is 3. The molecule has 0 aliphatic carbocycles. The number of aromatic amines is 1. The van der Waals surface area contributed by atoms with Crippen LogP contribution in [0.5, 0.6) is 0 Å². The lowest BCUT2D eigenvalue weighted by Crippen LogP contribution is -2.47. The number of aryl methyl sites for hydroxylation is 1. The van der Waals surface area contributed by atoms with Crippen molar-refractivity contribution < 1.29 is 0 Å². The van der Waals surface area contributed by atoms with E-state index < -0.39 is 0 Å². The van der Waals surface area contributed by atoms with Crippen molar-refractivity contribution in [1.29, 1.82) is 5.26 Å². The smallest absolute Gasteiger partial charge is 0.226 e. The maximum Gasteiger partial charge on any atom is 0.226 e. The van der Waals surface area contributed by atoms with Gasteiger partial charge < -0.3 is 10.6 Å². The first-order valence-electron chi connectivity index (χ1n) is 10.5. The molecule has 3 aromatic heterocycles. The number of nitrogens with one attached hydrogen (secondary N) is 3. The van der Waals surface area contributed by atoms with Gasteiger partial charge >= 0.3 is 0 Å². The second-order valence-corrected chi connectivity index (χ2v) is 8.18. The van der Waals surface area contributed by atoms with Crippen LogP contribution in [0.25, 0.3) is 11.0 Å². The Balaban J connectivity index is 1.37. The Kier molecular flexibility index (Phi) is 4.93. The highest BCUT2D eigenvalue weighted by Crippen LogP contribution is 2.36. The maximum atomic E-state index is 8.93. The molecular weight excluding hydrogens is 378 g/mol. The zero-order valence-corrected chi connectivity index (χ0v) is 17.0. The number of hydrogen-bond acceptors (Lipinski definition) is 8. The van der Waals surface area contributed by atoms with E-state index in [0.29, 0.717) is 47.8 Å². The molecule has 3 N–H and O–H groups in total. The Morgan fingerprint density at radius 1 is 1.27 bits per heavy atom. The summed E-state index contributed by atoms with van der Waals surface area (Å²) >= 11 is 0. The molecule has 0 spiro atoms. The van der Waals surface area contributed by atoms with Crippen molar-refractivity contribution >= 4 is 28.6 Å². The van der Waals surface area contributed by atoms with Gasteiger partial charge in [0.1, 0.15) is 5.82 Å². The Morgan fingerprint density at radius 2 is 2.10 bits per heavy atom. The topological polar surface area (TPSA) is 118 Å². The van der Waals surface area contributed by atoms with Crippen LogP contribution in [0.15, 0.2) is 24.4 Å². The van der Waals surface area contributed by atoms with Gasteiger partial charge in [-0.25, -0.2) is 4.98 Å². The predicted molar refractivity (Wildman–Crippen MR) is 114 cm³/mol. The lowest BCUT2D eigenvalue weighted by molar-refractivity contribution is 0.135. The number of H-pyrrole nitrogens is 1. The normalized spacial score (nSPS) is 23.4. The number of hydrogen-bond donors (Lipinski definition) is 3. The van der Waals surface area contributed by atoms with Crippen LogP contribution in [0.1, 0.15) is 37.8 Å². The molecule has 2 bridgehead atoms. The maximum absolute atomic E-state index is 8.93. The molecule has 5 rings (SSSR count). The number of anilines is 3. The molecule has 2 aliphatic heterocycles. The van der Waals surface area contributed by atoms with E-state index in [9.17, 15) is 0 Å². The van der Waals surface area contributed by atoms with Crippen LogP contribution in [-0.2, 0) is 0 Å². The van der Waals surface area contributed by atoms with E-state index in [2.05, 4.69) is 41.8 Å². The number of nitrogens with zero attached hydrogens (tertiary/aromatic N) is 6. The molecule has 9 heteroatoms. The molecule has 0 amide bonds. The molecule has 30 heavy (non-hydrogen) atoms. The summed E-state index contributed by atoms with van der Waals surface area (Å²) < 4.78 is 0. The molecule has 2 aliphatic rings. The number of piperidine rings is 1. The van der Waals surface area contributed by atoms with Crippen molar-refractivity contribution in [3.8, 4) is 6.07 Å². The zero-order chi connectivity index (χ0) is 20.5. The number of aromatic nitrogens is 5. The molecule has 2 saturated heterocycles. The van der Waals surface area contributed by atoms with Gasteiger partial charge in [0.05, 0.1) is 11.5 Å². The van der Waals surface area contributed by atoms with Gasteiger partial charge in [-0.2, -0.15) is 20.3 Å². The fraction of sp³-hybridized carbons (Fsp3) is 0.476. The third-order valence-corrected chi connectivity index (χ3v) is 6.12. The summed E-state index contributed by atoms with van der Waals surface area (Å²) in [6, 6.07) is 9.46. The summed E-state index contributed by atoms with van der Waals surface area (Å²) in [6.45, 7) is 2.84. The summed E-state index contributed by atoms with van der Waals surface area (Å²) in [7, 11) is 0. The number of rotatable bonds is 6. The summed E-state index contributed by atoms with van der Waals surface area (Å²) in [4.78, 5) is 16.4. The second kappa shape index (κ2) is 7.88. The van der Waals surface area contributed by atoms with E-state index >= 15 is 0 Å². The van der Waals surface area contributed by atoms with Crippen molar-refractivity contribution in [3.05, 3.63) is 30.1 Å². The number of nitriles is 1. The van der Waals surface area contributed by atoms with E-state index in [1.165, 1.54) is 12.8 Å². The SMILES string of the molecule is Cc1cc(Nc2nc(N[C@@H]3C[C@H]4CC[C@@H](C3)N4CCC#N)nc3ncccc23)n[nH]1. The van der Waals surface area contributed by atoms with Crippen molar-refractivity contribution in [2.24, 2.45) is 0 Å². The van der Waals surface area contributed by atoms with Gasteiger partial charge in [0.15, 0.2) is 11.5 Å². The van der Waals surface area contributed by atoms with Crippen LogP contribution >= 0.6 is 0 Å². The lowest BCUT2D eigenvalue weighted by atomic mass is 9.97. The highest BCUT2D eigenvalue weighted by molar-refractivity contribution is 5.89. The molecule has 3 aromatic rings. The highest BCUT2D eigenvalue weighted by Gasteiger charge is 2.40. The average Bonchev–Trinajstić information content (AvgIpc) is 3.25. The van der Waals surface area contributed by atoms with E-state index in [1.807, 2.05) is 25.1 Å². The molecule has 5 heterocycles. The largest absolute Gasteiger partial charge is 0.351 e. The summed E-state index contributed by atoms with van der Waals surface area (Å²) in [5.41, 5.74) is 1.63. The first kappa shape index (κ1) is 18.8. The van der Waals surface area contributed by atoms with Crippen LogP contribution in [0.3, 0.4) is 0 Å². The van der Waals surface area contributed by atoms with Crippen LogP contribution in [0.4, 0.5) is 17.6 Å². The van der Waals surface area contributed by atoms with Gasteiger partial charge in [0.25, 0.3) is 0 Å². The van der Waals surface area contributed by atoms with Crippen LogP contribution in [-0.4, -0.2) is 54.7 Å². The molecular formula is C21H25N9. The Morgan fingerprint density at radius 3 is 2.83 bits per heavy atom. The van der Waals surface area contributed by atoms with Gasteiger partial charge in [0, 0.05) is 49.0 Å². The second-order valence-electron chi connectivity index (χ2n) is 8.18. The average molecular weight is 403 g/mol.